The van der Waals surface area contributed by atoms with E-state index >= 15 is 0 Å². The Kier molecular flexibility index (Phi) is 12.4. The number of unbranched alkanes of at least 4 members (excludes halogenated alkanes) is 6. The van der Waals surface area contributed by atoms with E-state index in [9.17, 15) is 4.39 Å². The van der Waals surface area contributed by atoms with E-state index in [1.165, 1.54) is 119 Å². The lowest BCUT2D eigenvalue weighted by atomic mass is 9.77. The van der Waals surface area contributed by atoms with Crippen molar-refractivity contribution in [2.24, 2.45) is 11.8 Å². The van der Waals surface area contributed by atoms with Crippen LogP contribution in [-0.2, 0) is 19.3 Å². The highest BCUT2D eigenvalue weighted by Crippen LogP contribution is 2.34. The maximum Gasteiger partial charge on any atom is 0.142 e. The molecule has 0 aliphatic heterocycles. The molecule has 0 saturated heterocycles. The number of rotatable bonds is 15. The molecule has 0 heterocycles. The van der Waals surface area contributed by atoms with Crippen LogP contribution in [0.3, 0.4) is 0 Å². The van der Waals surface area contributed by atoms with Gasteiger partial charge >= 0.3 is 0 Å². The van der Waals surface area contributed by atoms with E-state index in [4.69, 9.17) is 11.6 Å². The minimum absolute atomic E-state index is 0.174. The standard InChI is InChI=1S/C37H48ClF/c1-2-3-4-5-6-7-8-9-29-10-12-30(13-11-29)14-15-31-16-18-32(19-17-31)20-21-33-22-24-34(25-23-33)35-26-27-36(38)37(39)28-35/h10-13,22-28,31-32H,2-9,14-21H2,1H3. The SMILES string of the molecule is CCCCCCCCCc1ccc(CCC2CCC(CCc3ccc(-c4ccc(Cl)c(F)c4)cc3)CC2)cc1. The molecule has 1 aliphatic rings. The molecule has 1 aliphatic carbocycles. The quantitative estimate of drug-likeness (QED) is 0.166. The van der Waals surface area contributed by atoms with Crippen molar-refractivity contribution < 1.29 is 4.39 Å². The number of hydrogen-bond donors (Lipinski definition) is 0. The van der Waals surface area contributed by atoms with Crippen LogP contribution in [0.2, 0.25) is 5.02 Å². The molecule has 0 atom stereocenters. The summed E-state index contributed by atoms with van der Waals surface area (Å²) in [7, 11) is 0. The van der Waals surface area contributed by atoms with E-state index in [-0.39, 0.29) is 10.8 Å². The van der Waals surface area contributed by atoms with Gasteiger partial charge in [0, 0.05) is 0 Å². The van der Waals surface area contributed by atoms with Gasteiger partial charge in [0.1, 0.15) is 5.82 Å². The Morgan fingerprint density at radius 2 is 1.05 bits per heavy atom. The van der Waals surface area contributed by atoms with Gasteiger partial charge in [-0.2, -0.15) is 0 Å². The lowest BCUT2D eigenvalue weighted by molar-refractivity contribution is 0.253. The van der Waals surface area contributed by atoms with E-state index < -0.39 is 0 Å². The van der Waals surface area contributed by atoms with Crippen molar-refractivity contribution in [1.29, 1.82) is 0 Å². The molecule has 39 heavy (non-hydrogen) atoms. The van der Waals surface area contributed by atoms with Gasteiger partial charge in [0.15, 0.2) is 0 Å². The van der Waals surface area contributed by atoms with Gasteiger partial charge in [-0.05, 0) is 90.3 Å². The second kappa shape index (κ2) is 16.2. The molecule has 3 aromatic carbocycles. The molecule has 0 amide bonds. The maximum absolute atomic E-state index is 13.8. The van der Waals surface area contributed by atoms with Crippen LogP contribution in [0.5, 0.6) is 0 Å². The van der Waals surface area contributed by atoms with Crippen molar-refractivity contribution in [3.05, 3.63) is 94.3 Å². The molecule has 210 valence electrons. The van der Waals surface area contributed by atoms with Gasteiger partial charge in [0.25, 0.3) is 0 Å². The van der Waals surface area contributed by atoms with Crippen molar-refractivity contribution in [2.75, 3.05) is 0 Å². The highest BCUT2D eigenvalue weighted by atomic mass is 35.5. The molecule has 0 N–H and O–H groups in total. The first-order valence-electron chi connectivity index (χ1n) is 15.7. The summed E-state index contributed by atoms with van der Waals surface area (Å²) in [6, 6.07) is 23.2. The summed E-state index contributed by atoms with van der Waals surface area (Å²) in [6.07, 6.45) is 21.5. The molecule has 1 saturated carbocycles. The van der Waals surface area contributed by atoms with E-state index in [0.717, 1.165) is 29.4 Å². The van der Waals surface area contributed by atoms with Gasteiger partial charge in [0.2, 0.25) is 0 Å². The second-order valence-electron chi connectivity index (χ2n) is 12.0. The first kappa shape index (κ1) is 29.9. The van der Waals surface area contributed by atoms with Gasteiger partial charge in [-0.3, -0.25) is 0 Å². The number of hydrogen-bond acceptors (Lipinski definition) is 0. The summed E-state index contributed by atoms with van der Waals surface area (Å²) in [6.45, 7) is 2.29. The average Bonchev–Trinajstić information content (AvgIpc) is 2.97. The van der Waals surface area contributed by atoms with Crippen molar-refractivity contribution >= 4 is 11.6 Å². The van der Waals surface area contributed by atoms with Gasteiger partial charge in [0.05, 0.1) is 5.02 Å². The molecule has 3 aromatic rings. The zero-order valence-electron chi connectivity index (χ0n) is 24.1. The molecule has 2 heteroatoms. The largest absolute Gasteiger partial charge is 0.205 e. The Balaban J connectivity index is 1.09. The van der Waals surface area contributed by atoms with Crippen LogP contribution in [0.25, 0.3) is 11.1 Å². The lowest BCUT2D eigenvalue weighted by Crippen LogP contribution is -2.15. The number of aryl methyl sites for hydroxylation is 3. The first-order valence-corrected chi connectivity index (χ1v) is 16.1. The van der Waals surface area contributed by atoms with Gasteiger partial charge in [-0.25, -0.2) is 4.39 Å². The van der Waals surface area contributed by atoms with Crippen molar-refractivity contribution in [1.82, 2.24) is 0 Å². The first-order chi connectivity index (χ1) is 19.1. The topological polar surface area (TPSA) is 0 Å². The Morgan fingerprint density at radius 1 is 0.590 bits per heavy atom. The number of benzene rings is 3. The van der Waals surface area contributed by atoms with Crippen LogP contribution < -0.4 is 0 Å². The van der Waals surface area contributed by atoms with Crippen LogP contribution in [0.15, 0.2) is 66.7 Å². The fourth-order valence-electron chi connectivity index (χ4n) is 6.25. The summed E-state index contributed by atoms with van der Waals surface area (Å²) in [5, 5.41) is 0.174. The molecule has 0 aromatic heterocycles. The normalized spacial score (nSPS) is 17.4. The van der Waals surface area contributed by atoms with Crippen LogP contribution >= 0.6 is 11.6 Å². The molecular weight excluding hydrogens is 499 g/mol. The highest BCUT2D eigenvalue weighted by Gasteiger charge is 2.21. The molecule has 4 rings (SSSR count). The minimum Gasteiger partial charge on any atom is -0.205 e. The lowest BCUT2D eigenvalue weighted by Gasteiger charge is -2.28. The minimum atomic E-state index is -0.360. The molecule has 1 fully saturated rings. The zero-order valence-corrected chi connectivity index (χ0v) is 24.8. The third kappa shape index (κ3) is 10.1. The molecular formula is C37H48ClF. The monoisotopic (exact) mass is 546 g/mol. The van der Waals surface area contributed by atoms with E-state index in [0.29, 0.717) is 0 Å². The highest BCUT2D eigenvalue weighted by molar-refractivity contribution is 6.30. The summed E-state index contributed by atoms with van der Waals surface area (Å²) in [5.74, 6) is 1.39. The Bertz CT molecular complexity index is 1090. The summed E-state index contributed by atoms with van der Waals surface area (Å²) < 4.78 is 13.8. The van der Waals surface area contributed by atoms with Gasteiger partial charge < -0.3 is 0 Å². The third-order valence-corrected chi connectivity index (χ3v) is 9.25. The van der Waals surface area contributed by atoms with Crippen LogP contribution in [-0.4, -0.2) is 0 Å². The molecule has 0 radical (unpaired) electrons. The zero-order chi connectivity index (χ0) is 27.3. The Morgan fingerprint density at radius 3 is 1.59 bits per heavy atom. The summed E-state index contributed by atoms with van der Waals surface area (Å²) in [4.78, 5) is 0. The smallest absolute Gasteiger partial charge is 0.142 e. The maximum atomic E-state index is 13.8. The average molecular weight is 547 g/mol. The second-order valence-corrected chi connectivity index (χ2v) is 12.4. The summed E-state index contributed by atoms with van der Waals surface area (Å²) in [5.41, 5.74) is 6.33. The van der Waals surface area contributed by atoms with Crippen LogP contribution in [0.4, 0.5) is 4.39 Å². The third-order valence-electron chi connectivity index (χ3n) is 8.95. The van der Waals surface area contributed by atoms with E-state index in [2.05, 4.69) is 55.5 Å². The fraction of sp³-hybridized carbons (Fsp3) is 0.514. The van der Waals surface area contributed by atoms with E-state index in [1.807, 2.05) is 6.07 Å². The molecule has 0 unspecified atom stereocenters. The van der Waals surface area contributed by atoms with Crippen LogP contribution in [0.1, 0.15) is 107 Å². The summed E-state index contributed by atoms with van der Waals surface area (Å²) >= 11 is 5.82. The van der Waals surface area contributed by atoms with Gasteiger partial charge in [-0.1, -0.05) is 137 Å². The van der Waals surface area contributed by atoms with Crippen molar-refractivity contribution in [3.8, 4) is 11.1 Å². The molecule has 0 bridgehead atoms. The molecule has 0 nitrogen and oxygen atoms in total. The fourth-order valence-corrected chi connectivity index (χ4v) is 6.37. The molecule has 0 spiro atoms. The van der Waals surface area contributed by atoms with E-state index in [1.54, 1.807) is 6.07 Å². The van der Waals surface area contributed by atoms with Crippen molar-refractivity contribution in [2.45, 2.75) is 110 Å². The Hall–Kier alpha value is -2.12. The van der Waals surface area contributed by atoms with Gasteiger partial charge in [-0.15, -0.1) is 0 Å². The van der Waals surface area contributed by atoms with Crippen molar-refractivity contribution in [3.63, 3.8) is 0 Å². The number of halogens is 2. The predicted octanol–water partition coefficient (Wildman–Crippen LogP) is 11.8. The predicted molar refractivity (Wildman–Crippen MR) is 167 cm³/mol. The Labute approximate surface area is 242 Å². The van der Waals surface area contributed by atoms with Crippen LogP contribution in [0, 0.1) is 17.7 Å².